The molecule has 0 aliphatic rings. The van der Waals surface area contributed by atoms with Gasteiger partial charge in [-0.15, -0.1) is 0 Å². The van der Waals surface area contributed by atoms with Crippen molar-refractivity contribution in [3.05, 3.63) is 0 Å². The summed E-state index contributed by atoms with van der Waals surface area (Å²) < 4.78 is 68.2. The number of aliphatic hydroxyl groups excluding tert-OH is 1. The van der Waals surface area contributed by atoms with Gasteiger partial charge in [-0.1, -0.05) is 299 Å². The van der Waals surface area contributed by atoms with Crippen LogP contribution >= 0.6 is 15.6 Å². The zero-order valence-electron chi connectivity index (χ0n) is 58.8. The molecule has 5 unspecified atom stereocenters. The molecule has 0 bridgehead atoms. The van der Waals surface area contributed by atoms with E-state index in [1.807, 2.05) is 0 Å². The number of rotatable bonds is 68. The second-order valence-corrected chi connectivity index (χ2v) is 30.0. The standard InChI is InChI=1S/C71H138O17P2/c1-9-63(7)49-41-33-24-17-15-13-11-12-14-16-18-26-35-43-51-68(73)81-58-67(88-71(76)54-46-38-30-29-32-40-48-62(5)6)60-86-90(79,80)84-56-65(72)55-83-89(77,78)85-59-66(57-82-69(74)52-44-36-27-21-19-23-31-39-47-61(3)4)87-70(75)53-45-37-28-22-20-25-34-42-50-64(8)10-2/h61-67,72H,9-60H2,1-8H3,(H,77,78)(H,79,80)/t63?,64?,65?,66-,67-/m1/s1. The van der Waals surface area contributed by atoms with E-state index in [1.54, 1.807) is 0 Å². The van der Waals surface area contributed by atoms with Crippen LogP contribution in [0.1, 0.15) is 351 Å². The van der Waals surface area contributed by atoms with Crippen molar-refractivity contribution < 1.29 is 80.2 Å². The number of aliphatic hydroxyl groups is 1. The number of phosphoric acid groups is 2. The van der Waals surface area contributed by atoms with Crippen molar-refractivity contribution in [1.82, 2.24) is 0 Å². The topological polar surface area (TPSA) is 237 Å². The Bertz CT molecular complexity index is 1790. The molecule has 0 aliphatic heterocycles. The third-order valence-electron chi connectivity index (χ3n) is 17.0. The minimum absolute atomic E-state index is 0.102. The summed E-state index contributed by atoms with van der Waals surface area (Å²) in [5.74, 6) is 0.881. The van der Waals surface area contributed by atoms with E-state index in [9.17, 15) is 43.2 Å². The van der Waals surface area contributed by atoms with Gasteiger partial charge in [0.15, 0.2) is 12.2 Å². The third kappa shape index (κ3) is 62.2. The highest BCUT2D eigenvalue weighted by molar-refractivity contribution is 7.47. The van der Waals surface area contributed by atoms with Crippen molar-refractivity contribution in [2.75, 3.05) is 39.6 Å². The molecule has 0 spiro atoms. The largest absolute Gasteiger partial charge is 0.472 e. The number of hydrogen-bond donors (Lipinski definition) is 3. The second kappa shape index (κ2) is 60.7. The first-order chi connectivity index (χ1) is 43.2. The summed E-state index contributed by atoms with van der Waals surface area (Å²) in [5.41, 5.74) is 0. The van der Waals surface area contributed by atoms with E-state index in [-0.39, 0.29) is 25.7 Å². The summed E-state index contributed by atoms with van der Waals surface area (Å²) >= 11 is 0. The van der Waals surface area contributed by atoms with E-state index in [2.05, 4.69) is 55.4 Å². The van der Waals surface area contributed by atoms with Crippen LogP contribution in [0.2, 0.25) is 0 Å². The fraction of sp³-hybridized carbons (Fsp3) is 0.944. The molecule has 17 nitrogen and oxygen atoms in total. The summed E-state index contributed by atoms with van der Waals surface area (Å²) in [6, 6.07) is 0. The quantitative estimate of drug-likeness (QED) is 0.0222. The molecule has 19 heteroatoms. The molecule has 0 aromatic heterocycles. The van der Waals surface area contributed by atoms with Crippen molar-refractivity contribution in [2.24, 2.45) is 23.7 Å². The predicted molar refractivity (Wildman–Crippen MR) is 363 cm³/mol. The average molecular weight is 1330 g/mol. The van der Waals surface area contributed by atoms with E-state index in [0.29, 0.717) is 31.6 Å². The van der Waals surface area contributed by atoms with Crippen molar-refractivity contribution in [3.63, 3.8) is 0 Å². The highest BCUT2D eigenvalue weighted by atomic mass is 31.2. The van der Waals surface area contributed by atoms with Crippen LogP contribution in [0.4, 0.5) is 0 Å². The van der Waals surface area contributed by atoms with Gasteiger partial charge in [0.05, 0.1) is 26.4 Å². The number of ether oxygens (including phenoxy) is 4. The lowest BCUT2D eigenvalue weighted by Gasteiger charge is -2.21. The average Bonchev–Trinajstić information content (AvgIpc) is 3.60. The molecule has 0 heterocycles. The molecule has 0 rings (SSSR count). The van der Waals surface area contributed by atoms with Crippen LogP contribution in [0, 0.1) is 23.7 Å². The highest BCUT2D eigenvalue weighted by Crippen LogP contribution is 2.45. The van der Waals surface area contributed by atoms with Crippen LogP contribution < -0.4 is 0 Å². The molecule has 7 atom stereocenters. The second-order valence-electron chi connectivity index (χ2n) is 27.1. The predicted octanol–water partition coefficient (Wildman–Crippen LogP) is 20.1. The maximum absolute atomic E-state index is 13.0. The number of hydrogen-bond acceptors (Lipinski definition) is 15. The van der Waals surface area contributed by atoms with Gasteiger partial charge in [-0.2, -0.15) is 0 Å². The highest BCUT2D eigenvalue weighted by Gasteiger charge is 2.30. The van der Waals surface area contributed by atoms with Crippen molar-refractivity contribution in [1.29, 1.82) is 0 Å². The van der Waals surface area contributed by atoms with Gasteiger partial charge in [0.25, 0.3) is 0 Å². The van der Waals surface area contributed by atoms with Crippen molar-refractivity contribution in [2.45, 2.75) is 369 Å². The first-order valence-corrected chi connectivity index (χ1v) is 39.8. The number of carbonyl (C=O) groups excluding carboxylic acids is 4. The van der Waals surface area contributed by atoms with E-state index >= 15 is 0 Å². The summed E-state index contributed by atoms with van der Waals surface area (Å²) in [5, 5.41) is 10.6. The Hall–Kier alpha value is -1.94. The molecule has 0 aliphatic carbocycles. The fourth-order valence-electron chi connectivity index (χ4n) is 10.6. The molecule has 3 N–H and O–H groups in total. The van der Waals surface area contributed by atoms with Crippen LogP contribution in [0.15, 0.2) is 0 Å². The van der Waals surface area contributed by atoms with E-state index in [0.717, 1.165) is 108 Å². The zero-order chi connectivity index (χ0) is 66.8. The molecule has 0 aromatic rings. The lowest BCUT2D eigenvalue weighted by atomic mass is 9.99. The Morgan fingerprint density at radius 3 is 0.789 bits per heavy atom. The smallest absolute Gasteiger partial charge is 0.462 e. The maximum atomic E-state index is 13.0. The summed E-state index contributed by atoms with van der Waals surface area (Å²) in [4.78, 5) is 72.5. The minimum atomic E-state index is -4.95. The van der Waals surface area contributed by atoms with Gasteiger partial charge in [0, 0.05) is 25.7 Å². The molecule has 0 radical (unpaired) electrons. The van der Waals surface area contributed by atoms with Gasteiger partial charge in [0.1, 0.15) is 19.3 Å². The Kier molecular flexibility index (Phi) is 59.4. The number of carbonyl (C=O) groups is 4. The SMILES string of the molecule is CCC(C)CCCCCCCCCCCCCCCCC(=O)OC[C@H](COP(=O)(O)OCC(O)COP(=O)(O)OC[C@@H](COC(=O)CCCCCCCCCCC(C)C)OC(=O)CCCCCCCCCCC(C)CC)OC(=O)CCCCCCCCC(C)C. The van der Waals surface area contributed by atoms with Crippen LogP contribution in [-0.4, -0.2) is 96.7 Å². The molecule has 0 saturated carbocycles. The molecular formula is C71H138O17P2. The molecule has 0 amide bonds. The Balaban J connectivity index is 5.19. The van der Waals surface area contributed by atoms with Gasteiger partial charge >= 0.3 is 39.5 Å². The van der Waals surface area contributed by atoms with Gasteiger partial charge < -0.3 is 33.8 Å². The molecule has 534 valence electrons. The normalized spacial score (nSPS) is 14.9. The number of phosphoric ester groups is 2. The number of esters is 4. The zero-order valence-corrected chi connectivity index (χ0v) is 60.6. The van der Waals surface area contributed by atoms with Crippen molar-refractivity contribution >= 4 is 39.5 Å². The Labute approximate surface area is 549 Å². The minimum Gasteiger partial charge on any atom is -0.462 e. The van der Waals surface area contributed by atoms with Crippen LogP contribution in [-0.2, 0) is 65.4 Å². The summed E-state index contributed by atoms with van der Waals surface area (Å²) in [6.07, 6.45) is 43.2. The van der Waals surface area contributed by atoms with Crippen LogP contribution in [0.3, 0.4) is 0 Å². The van der Waals surface area contributed by atoms with Gasteiger partial charge in [-0.3, -0.25) is 37.3 Å². The molecular weight excluding hydrogens is 1190 g/mol. The summed E-state index contributed by atoms with van der Waals surface area (Å²) in [7, 11) is -9.90. The summed E-state index contributed by atoms with van der Waals surface area (Å²) in [6.45, 7) is 14.1. The first-order valence-electron chi connectivity index (χ1n) is 36.8. The van der Waals surface area contributed by atoms with Gasteiger partial charge in [0.2, 0.25) is 0 Å². The molecule has 0 saturated heterocycles. The van der Waals surface area contributed by atoms with Gasteiger partial charge in [-0.25, -0.2) is 9.13 Å². The maximum Gasteiger partial charge on any atom is 0.472 e. The Morgan fingerprint density at radius 2 is 0.533 bits per heavy atom. The first kappa shape index (κ1) is 88.1. The number of unbranched alkanes of at least 4 members (excludes halogenated alkanes) is 32. The molecule has 0 aromatic carbocycles. The molecule has 0 fully saturated rings. The van der Waals surface area contributed by atoms with Crippen LogP contribution in [0.5, 0.6) is 0 Å². The lowest BCUT2D eigenvalue weighted by molar-refractivity contribution is -0.161. The van der Waals surface area contributed by atoms with Gasteiger partial charge in [-0.05, 0) is 49.4 Å². The monoisotopic (exact) mass is 1320 g/mol. The van der Waals surface area contributed by atoms with E-state index < -0.39 is 97.5 Å². The third-order valence-corrected chi connectivity index (χ3v) is 18.9. The molecule has 90 heavy (non-hydrogen) atoms. The Morgan fingerprint density at radius 1 is 0.311 bits per heavy atom. The fourth-order valence-corrected chi connectivity index (χ4v) is 12.2. The lowest BCUT2D eigenvalue weighted by Crippen LogP contribution is -2.30. The van der Waals surface area contributed by atoms with E-state index in [4.69, 9.17) is 37.0 Å². The van der Waals surface area contributed by atoms with E-state index in [1.165, 1.54) is 154 Å². The van der Waals surface area contributed by atoms with Crippen LogP contribution in [0.25, 0.3) is 0 Å². The van der Waals surface area contributed by atoms with Crippen molar-refractivity contribution in [3.8, 4) is 0 Å².